The van der Waals surface area contributed by atoms with Crippen LogP contribution in [0.5, 0.6) is 23.0 Å². The third kappa shape index (κ3) is 6.29. The van der Waals surface area contributed by atoms with Crippen LogP contribution >= 0.6 is 0 Å². The number of allylic oxidation sites excluding steroid dienone is 1. The number of nitrogens with one attached hydrogen (secondary N) is 1. The van der Waals surface area contributed by atoms with Crippen LogP contribution in [0.2, 0.25) is 0 Å². The number of fused-ring (bicyclic) bond motifs is 2. The molecule has 6 N–H and O–H groups in total. The number of aromatic hydroxyl groups is 4. The van der Waals surface area contributed by atoms with E-state index < -0.39 is 69.6 Å². The first-order valence-electron chi connectivity index (χ1n) is 13.3. The van der Waals surface area contributed by atoms with E-state index in [4.69, 9.17) is 14.3 Å². The van der Waals surface area contributed by atoms with E-state index in [1.54, 1.807) is 0 Å². The Labute approximate surface area is 251 Å². The smallest absolute Gasteiger partial charge is 0.343 e. The van der Waals surface area contributed by atoms with Crippen molar-refractivity contribution in [3.8, 4) is 23.0 Å². The molecule has 0 aliphatic heterocycles. The maximum Gasteiger partial charge on any atom is 0.343 e. The number of ether oxygens (including phenoxy) is 1. The van der Waals surface area contributed by atoms with E-state index in [-0.39, 0.29) is 54.8 Å². The van der Waals surface area contributed by atoms with Gasteiger partial charge in [0.05, 0.1) is 17.1 Å². The lowest BCUT2D eigenvalue weighted by Gasteiger charge is -2.17. The van der Waals surface area contributed by atoms with Crippen LogP contribution in [-0.2, 0) is 38.7 Å². The van der Waals surface area contributed by atoms with Gasteiger partial charge in [-0.25, -0.2) is 9.48 Å². The zero-order valence-electron chi connectivity index (χ0n) is 23.1. The average Bonchev–Trinajstić information content (AvgIpc) is 3.43. The minimum atomic E-state index is -1.25. The summed E-state index contributed by atoms with van der Waals surface area (Å²) in [6.07, 6.45) is 3.51. The number of hydrogen-bond donors (Lipinski definition) is 6. The van der Waals surface area contributed by atoms with Gasteiger partial charge in [-0.1, -0.05) is 5.21 Å². The van der Waals surface area contributed by atoms with Gasteiger partial charge in [0.25, 0.3) is 0 Å². The number of amides is 1. The molecular formula is C29H24N4O12. The number of aromatic nitrogens is 3. The molecule has 0 saturated heterocycles. The Kier molecular flexibility index (Phi) is 8.21. The number of ketones is 1. The minimum absolute atomic E-state index is 0.0876. The third-order valence-electron chi connectivity index (χ3n) is 6.83. The number of carbonyl (C=O) groups is 4. The van der Waals surface area contributed by atoms with Crippen LogP contribution in [-0.4, -0.2) is 70.7 Å². The van der Waals surface area contributed by atoms with E-state index in [1.807, 2.05) is 0 Å². The normalized spacial score (nSPS) is 12.4. The van der Waals surface area contributed by atoms with Gasteiger partial charge in [-0.2, -0.15) is 0 Å². The number of esters is 1. The average molecular weight is 621 g/mol. The Hall–Kier alpha value is -6.19. The van der Waals surface area contributed by atoms with Crippen molar-refractivity contribution in [3.05, 3.63) is 68.8 Å². The molecular weight excluding hydrogens is 596 g/mol. The molecule has 45 heavy (non-hydrogen) atoms. The second-order valence-corrected chi connectivity index (χ2v) is 10.00. The van der Waals surface area contributed by atoms with Crippen molar-refractivity contribution in [2.45, 2.75) is 32.4 Å². The lowest BCUT2D eigenvalue weighted by atomic mass is 9.87. The van der Waals surface area contributed by atoms with Gasteiger partial charge in [0, 0.05) is 31.0 Å². The molecule has 1 amide bonds. The second kappa shape index (κ2) is 12.2. The number of Topliss-reactive ketones (excluding diaryl/α,β-unsaturated/α-hetero) is 1. The number of aliphatic carboxylic acids is 1. The Morgan fingerprint density at radius 3 is 2.56 bits per heavy atom. The van der Waals surface area contributed by atoms with E-state index in [0.717, 1.165) is 17.0 Å². The zero-order chi connectivity index (χ0) is 32.4. The predicted octanol–water partition coefficient (Wildman–Crippen LogP) is 1.21. The first-order chi connectivity index (χ1) is 21.4. The number of phenols is 4. The van der Waals surface area contributed by atoms with E-state index in [2.05, 4.69) is 15.6 Å². The van der Waals surface area contributed by atoms with Crippen LogP contribution in [0, 0.1) is 0 Å². The highest BCUT2D eigenvalue weighted by atomic mass is 16.5. The molecule has 4 aromatic rings. The highest BCUT2D eigenvalue weighted by molar-refractivity contribution is 6.28. The molecule has 0 fully saturated rings. The number of benzene rings is 2. The molecule has 0 bridgehead atoms. The number of carboxylic acid groups (broad SMARTS) is 1. The fraction of sp³-hybridized carbons (Fsp3) is 0.207. The van der Waals surface area contributed by atoms with E-state index in [0.29, 0.717) is 11.1 Å². The maximum absolute atomic E-state index is 13.7. The van der Waals surface area contributed by atoms with Gasteiger partial charge in [0.2, 0.25) is 11.3 Å². The number of phenolic OH excluding ortho intramolecular Hbond substituents is 4. The number of nitrogens with zero attached hydrogens (tertiary/aromatic N) is 3. The van der Waals surface area contributed by atoms with Gasteiger partial charge >= 0.3 is 11.9 Å². The second-order valence-electron chi connectivity index (χ2n) is 10.00. The quantitative estimate of drug-likeness (QED) is 0.0828. The van der Waals surface area contributed by atoms with E-state index in [9.17, 15) is 44.4 Å². The van der Waals surface area contributed by atoms with Crippen molar-refractivity contribution in [1.29, 1.82) is 0 Å². The number of carbonyl (C=O) groups excluding carboxylic acids is 3. The lowest BCUT2D eigenvalue weighted by molar-refractivity contribution is -0.137. The van der Waals surface area contributed by atoms with Crippen LogP contribution in [0.25, 0.3) is 22.6 Å². The monoisotopic (exact) mass is 620 g/mol. The summed E-state index contributed by atoms with van der Waals surface area (Å²) in [5.74, 6) is -5.84. The van der Waals surface area contributed by atoms with Gasteiger partial charge in [0.1, 0.15) is 36.3 Å². The summed E-state index contributed by atoms with van der Waals surface area (Å²) in [5, 5.41) is 58.7. The van der Waals surface area contributed by atoms with Gasteiger partial charge in [-0.15, -0.1) is 5.10 Å². The first kappa shape index (κ1) is 30.3. The topological polar surface area (TPSA) is 252 Å². The van der Waals surface area contributed by atoms with Crippen molar-refractivity contribution in [2.24, 2.45) is 0 Å². The summed E-state index contributed by atoms with van der Waals surface area (Å²) >= 11 is 0. The van der Waals surface area contributed by atoms with Crippen molar-refractivity contribution >= 4 is 46.2 Å². The fourth-order valence-electron chi connectivity index (χ4n) is 4.67. The summed E-state index contributed by atoms with van der Waals surface area (Å²) < 4.78 is 11.8. The van der Waals surface area contributed by atoms with Crippen LogP contribution < -0.4 is 10.7 Å². The van der Waals surface area contributed by atoms with Crippen molar-refractivity contribution < 1.29 is 53.9 Å². The Balaban J connectivity index is 1.38. The van der Waals surface area contributed by atoms with Crippen molar-refractivity contribution in [2.75, 3.05) is 6.54 Å². The maximum atomic E-state index is 13.7. The fourth-order valence-corrected chi connectivity index (χ4v) is 4.67. The van der Waals surface area contributed by atoms with E-state index >= 15 is 0 Å². The predicted molar refractivity (Wildman–Crippen MR) is 151 cm³/mol. The largest absolute Gasteiger partial charge is 0.504 e. The minimum Gasteiger partial charge on any atom is -0.504 e. The van der Waals surface area contributed by atoms with Gasteiger partial charge < -0.3 is 40.0 Å². The molecule has 0 saturated carbocycles. The summed E-state index contributed by atoms with van der Waals surface area (Å²) in [6, 6.07) is 3.36. The molecule has 0 atom stereocenters. The molecule has 2 aromatic carbocycles. The van der Waals surface area contributed by atoms with Gasteiger partial charge in [0.15, 0.2) is 28.8 Å². The Morgan fingerprint density at radius 1 is 1.04 bits per heavy atom. The van der Waals surface area contributed by atoms with Crippen LogP contribution in [0.15, 0.2) is 39.9 Å². The van der Waals surface area contributed by atoms with Gasteiger partial charge in [-0.05, 0) is 35.8 Å². The Bertz CT molecular complexity index is 1970. The molecule has 16 nitrogen and oxygen atoms in total. The van der Waals surface area contributed by atoms with Crippen LogP contribution in [0.1, 0.15) is 45.6 Å². The van der Waals surface area contributed by atoms with Crippen LogP contribution in [0.3, 0.4) is 0 Å². The summed E-state index contributed by atoms with van der Waals surface area (Å²) in [5.41, 5.74) is -1.46. The summed E-state index contributed by atoms with van der Waals surface area (Å²) in [4.78, 5) is 62.4. The molecule has 1 aliphatic rings. The van der Waals surface area contributed by atoms with Crippen molar-refractivity contribution in [3.63, 3.8) is 0 Å². The SMILES string of the molecule is O=C(O)CCCNC(=O)Cn1cc(COC(=O)c2c(O)c(O)cc3occ(C4=Cc5cc(O)c(O)cc5CC4=O)c(=O)c23)nn1. The molecule has 0 radical (unpaired) electrons. The highest BCUT2D eigenvalue weighted by Crippen LogP contribution is 2.38. The molecule has 16 heteroatoms. The van der Waals surface area contributed by atoms with Gasteiger partial charge in [-0.3, -0.25) is 19.2 Å². The zero-order valence-corrected chi connectivity index (χ0v) is 23.1. The molecule has 232 valence electrons. The summed E-state index contributed by atoms with van der Waals surface area (Å²) in [7, 11) is 0. The Morgan fingerprint density at radius 2 is 1.80 bits per heavy atom. The molecule has 2 heterocycles. The van der Waals surface area contributed by atoms with Crippen LogP contribution in [0.4, 0.5) is 0 Å². The molecule has 1 aliphatic carbocycles. The number of hydrogen-bond acceptors (Lipinski definition) is 13. The molecule has 2 aromatic heterocycles. The molecule has 5 rings (SSSR count). The molecule has 0 spiro atoms. The first-order valence-corrected chi connectivity index (χ1v) is 13.3. The van der Waals surface area contributed by atoms with E-state index in [1.165, 1.54) is 24.4 Å². The molecule has 0 unspecified atom stereocenters. The third-order valence-corrected chi connectivity index (χ3v) is 6.83. The van der Waals surface area contributed by atoms with Crippen molar-refractivity contribution in [1.82, 2.24) is 20.3 Å². The number of carboxylic acids is 1. The number of rotatable bonds is 10. The summed E-state index contributed by atoms with van der Waals surface area (Å²) in [6.45, 7) is -0.624. The standard InChI is InChI=1S/C29H24N4O12/c34-18-5-14-7-20(36)19(35)6-13(14)4-16(18)17-12-44-22-8-21(37)28(42)26(25(22)27(17)41)29(43)45-11-15-9-33(32-31-15)10-23(38)30-3-1-2-24(39)40/h4,6-9,12,35-37,42H,1-3,5,10-11H2,(H,30,38)(H,39,40). The highest BCUT2D eigenvalue weighted by Gasteiger charge is 2.29. The lowest BCUT2D eigenvalue weighted by Crippen LogP contribution is -2.28.